The molecule has 0 fully saturated rings. The molecule has 0 spiro atoms. The zero-order valence-electron chi connectivity index (χ0n) is 10.0. The number of alkyl halides is 2. The van der Waals surface area contributed by atoms with E-state index >= 15 is 0 Å². The van der Waals surface area contributed by atoms with Gasteiger partial charge in [-0.05, 0) is 17.7 Å². The topological polar surface area (TPSA) is 37.3 Å². The van der Waals surface area contributed by atoms with Gasteiger partial charge in [0.2, 0.25) is 5.78 Å². The Morgan fingerprint density at radius 3 is 2.16 bits per heavy atom. The third-order valence-corrected chi connectivity index (χ3v) is 2.73. The van der Waals surface area contributed by atoms with E-state index in [9.17, 15) is 13.6 Å². The van der Waals surface area contributed by atoms with E-state index in [-0.39, 0.29) is 11.3 Å². The van der Waals surface area contributed by atoms with Crippen molar-refractivity contribution in [3.8, 4) is 5.75 Å². The molecule has 1 N–H and O–H groups in total. The van der Waals surface area contributed by atoms with Gasteiger partial charge in [0.05, 0.1) is 0 Å². The molecule has 0 saturated carbocycles. The van der Waals surface area contributed by atoms with Crippen molar-refractivity contribution in [2.75, 3.05) is 0 Å². The van der Waals surface area contributed by atoms with Crippen LogP contribution < -0.4 is 0 Å². The number of carbonyl (C=O) groups is 1. The molecule has 0 aliphatic carbocycles. The van der Waals surface area contributed by atoms with Crippen LogP contribution in [0.25, 0.3) is 0 Å². The molecule has 0 bridgehead atoms. The Hall–Kier alpha value is -2.23. The Morgan fingerprint density at radius 1 is 1.00 bits per heavy atom. The number of carbonyl (C=O) groups excluding carboxylic acids is 1. The molecule has 2 aromatic rings. The first-order valence-corrected chi connectivity index (χ1v) is 5.74. The fraction of sp³-hybridized carbons (Fsp3) is 0.133. The van der Waals surface area contributed by atoms with E-state index < -0.39 is 18.1 Å². The molecule has 0 aromatic heterocycles. The maximum Gasteiger partial charge on any atom is 0.313 e. The van der Waals surface area contributed by atoms with Gasteiger partial charge >= 0.3 is 5.92 Å². The van der Waals surface area contributed by atoms with E-state index in [2.05, 4.69) is 0 Å². The first-order valence-electron chi connectivity index (χ1n) is 5.74. The second kappa shape index (κ2) is 5.18. The van der Waals surface area contributed by atoms with Crippen LogP contribution in [0.4, 0.5) is 8.78 Å². The lowest BCUT2D eigenvalue weighted by atomic mass is 9.99. The molecule has 0 aliphatic heterocycles. The fourth-order valence-corrected chi connectivity index (χ4v) is 1.75. The molecule has 0 heterocycles. The molecule has 98 valence electrons. The van der Waals surface area contributed by atoms with Gasteiger partial charge in [-0.1, -0.05) is 42.5 Å². The predicted molar refractivity (Wildman–Crippen MR) is 67.5 cm³/mol. The normalized spacial score (nSPS) is 11.3. The zero-order chi connectivity index (χ0) is 13.9. The molecule has 2 nitrogen and oxygen atoms in total. The van der Waals surface area contributed by atoms with Crippen molar-refractivity contribution in [1.82, 2.24) is 0 Å². The fourth-order valence-electron chi connectivity index (χ4n) is 1.75. The van der Waals surface area contributed by atoms with E-state index in [1.165, 1.54) is 36.4 Å². The van der Waals surface area contributed by atoms with Gasteiger partial charge < -0.3 is 5.11 Å². The van der Waals surface area contributed by atoms with Crippen molar-refractivity contribution in [3.63, 3.8) is 0 Å². The van der Waals surface area contributed by atoms with Gasteiger partial charge in [0, 0.05) is 12.0 Å². The number of rotatable bonds is 4. The van der Waals surface area contributed by atoms with Crippen LogP contribution in [0.1, 0.15) is 15.9 Å². The highest BCUT2D eigenvalue weighted by Gasteiger charge is 2.39. The Bertz CT molecular complexity index is 562. The van der Waals surface area contributed by atoms with Crippen LogP contribution in [0, 0.1) is 0 Å². The Morgan fingerprint density at radius 2 is 1.58 bits per heavy atom. The highest BCUT2D eigenvalue weighted by Crippen LogP contribution is 2.25. The maximum atomic E-state index is 13.9. The number of phenolic OH excluding ortho intramolecular Hbond substituents is 1. The summed E-state index contributed by atoms with van der Waals surface area (Å²) in [7, 11) is 0. The van der Waals surface area contributed by atoms with Crippen LogP contribution in [0.5, 0.6) is 5.75 Å². The summed E-state index contributed by atoms with van der Waals surface area (Å²) in [4.78, 5) is 11.7. The van der Waals surface area contributed by atoms with Crippen LogP contribution in [0.3, 0.4) is 0 Å². The lowest BCUT2D eigenvalue weighted by Crippen LogP contribution is -2.31. The molecule has 19 heavy (non-hydrogen) atoms. The molecule has 0 amide bonds. The summed E-state index contributed by atoms with van der Waals surface area (Å²) >= 11 is 0. The van der Waals surface area contributed by atoms with Crippen molar-refractivity contribution in [2.24, 2.45) is 0 Å². The summed E-state index contributed by atoms with van der Waals surface area (Å²) < 4.78 is 27.8. The number of aromatic hydroxyl groups is 1. The third kappa shape index (κ3) is 3.16. The number of halogens is 2. The van der Waals surface area contributed by atoms with Crippen molar-refractivity contribution in [3.05, 3.63) is 65.7 Å². The quantitative estimate of drug-likeness (QED) is 0.857. The van der Waals surface area contributed by atoms with Crippen molar-refractivity contribution in [2.45, 2.75) is 12.3 Å². The molecule has 4 heteroatoms. The molecule has 0 aliphatic rings. The largest absolute Gasteiger partial charge is 0.508 e. The highest BCUT2D eigenvalue weighted by molar-refractivity contribution is 6.01. The van der Waals surface area contributed by atoms with E-state index in [0.717, 1.165) is 0 Å². The lowest BCUT2D eigenvalue weighted by Gasteiger charge is -2.15. The summed E-state index contributed by atoms with van der Waals surface area (Å²) in [6.45, 7) is 0. The van der Waals surface area contributed by atoms with Crippen molar-refractivity contribution < 1.29 is 18.7 Å². The summed E-state index contributed by atoms with van der Waals surface area (Å²) in [5.41, 5.74) is 0.290. The molecule has 0 radical (unpaired) electrons. The smallest absolute Gasteiger partial charge is 0.313 e. The van der Waals surface area contributed by atoms with Crippen molar-refractivity contribution in [1.29, 1.82) is 0 Å². The second-order valence-electron chi connectivity index (χ2n) is 4.24. The number of hydrogen-bond acceptors (Lipinski definition) is 2. The first kappa shape index (κ1) is 13.2. The van der Waals surface area contributed by atoms with E-state index in [4.69, 9.17) is 5.11 Å². The average molecular weight is 262 g/mol. The summed E-state index contributed by atoms with van der Waals surface area (Å²) in [5, 5.41) is 9.09. The van der Waals surface area contributed by atoms with Gasteiger partial charge in [-0.2, -0.15) is 8.78 Å². The minimum absolute atomic E-state index is 0.00134. The van der Waals surface area contributed by atoms with Gasteiger partial charge in [-0.25, -0.2) is 0 Å². The van der Waals surface area contributed by atoms with Crippen LogP contribution in [-0.4, -0.2) is 16.8 Å². The van der Waals surface area contributed by atoms with E-state index in [0.29, 0.717) is 5.56 Å². The number of phenols is 1. The van der Waals surface area contributed by atoms with Gasteiger partial charge in [0.1, 0.15) is 5.75 Å². The standard InChI is InChI=1S/C15H12F2O2/c16-15(17,10-11-6-8-13(18)9-7-11)14(19)12-4-2-1-3-5-12/h1-9,18H,10H2. The molecule has 0 saturated heterocycles. The number of benzene rings is 2. The molecular weight excluding hydrogens is 250 g/mol. The minimum atomic E-state index is -3.46. The monoisotopic (exact) mass is 262 g/mol. The summed E-state index contributed by atoms with van der Waals surface area (Å²) in [6.07, 6.45) is -0.680. The van der Waals surface area contributed by atoms with Crippen LogP contribution >= 0.6 is 0 Å². The van der Waals surface area contributed by atoms with E-state index in [1.54, 1.807) is 18.2 Å². The Labute approximate surface area is 109 Å². The number of hydrogen-bond donors (Lipinski definition) is 1. The molecule has 2 rings (SSSR count). The first-order chi connectivity index (χ1) is 8.99. The minimum Gasteiger partial charge on any atom is -0.508 e. The third-order valence-electron chi connectivity index (χ3n) is 2.73. The predicted octanol–water partition coefficient (Wildman–Crippen LogP) is 3.45. The van der Waals surface area contributed by atoms with Gasteiger partial charge in [0.25, 0.3) is 0 Å². The van der Waals surface area contributed by atoms with Gasteiger partial charge in [0.15, 0.2) is 0 Å². The van der Waals surface area contributed by atoms with Gasteiger partial charge in [-0.3, -0.25) is 4.79 Å². The summed E-state index contributed by atoms with van der Waals surface area (Å²) in [6, 6.07) is 12.9. The lowest BCUT2D eigenvalue weighted by molar-refractivity contribution is 0.0106. The molecule has 2 aromatic carbocycles. The van der Waals surface area contributed by atoms with Crippen molar-refractivity contribution >= 4 is 5.78 Å². The second-order valence-corrected chi connectivity index (χ2v) is 4.24. The number of ketones is 1. The molecular formula is C15H12F2O2. The highest BCUT2D eigenvalue weighted by atomic mass is 19.3. The average Bonchev–Trinajstić information content (AvgIpc) is 2.41. The van der Waals surface area contributed by atoms with Crippen LogP contribution in [0.15, 0.2) is 54.6 Å². The Kier molecular flexibility index (Phi) is 3.60. The van der Waals surface area contributed by atoms with Crippen LogP contribution in [-0.2, 0) is 6.42 Å². The van der Waals surface area contributed by atoms with Gasteiger partial charge in [-0.15, -0.1) is 0 Å². The van der Waals surface area contributed by atoms with Crippen LogP contribution in [0.2, 0.25) is 0 Å². The maximum absolute atomic E-state index is 13.9. The summed E-state index contributed by atoms with van der Waals surface area (Å²) in [5.74, 6) is -4.65. The zero-order valence-corrected chi connectivity index (χ0v) is 10.0. The number of Topliss-reactive ketones (excluding diaryl/α,β-unsaturated/α-hetero) is 1. The molecule has 0 atom stereocenters. The SMILES string of the molecule is O=C(c1ccccc1)C(F)(F)Cc1ccc(O)cc1. The van der Waals surface area contributed by atoms with E-state index in [1.807, 2.05) is 0 Å². The molecule has 0 unspecified atom stereocenters. The Balaban J connectivity index is 2.18.